The van der Waals surface area contributed by atoms with Gasteiger partial charge in [0.1, 0.15) is 18.2 Å². The van der Waals surface area contributed by atoms with Crippen molar-refractivity contribution in [1.29, 1.82) is 0 Å². The molecule has 1 aromatic heterocycles. The van der Waals surface area contributed by atoms with E-state index < -0.39 is 0 Å². The van der Waals surface area contributed by atoms with E-state index in [0.717, 1.165) is 36.3 Å². The van der Waals surface area contributed by atoms with E-state index in [2.05, 4.69) is 34.2 Å². The lowest BCUT2D eigenvalue weighted by atomic mass is 10.3. The van der Waals surface area contributed by atoms with Crippen LogP contribution in [0, 0.1) is 13.8 Å². The quantitative estimate of drug-likeness (QED) is 0.816. The van der Waals surface area contributed by atoms with Crippen LogP contribution >= 0.6 is 0 Å². The molecule has 1 N–H and O–H groups in total. The van der Waals surface area contributed by atoms with Gasteiger partial charge in [-0.15, -0.1) is 0 Å². The van der Waals surface area contributed by atoms with Crippen LogP contribution in [0.1, 0.15) is 31.2 Å². The van der Waals surface area contributed by atoms with Gasteiger partial charge in [-0.05, 0) is 40.7 Å². The first-order valence-corrected chi connectivity index (χ1v) is 7.04. The van der Waals surface area contributed by atoms with Gasteiger partial charge in [0.2, 0.25) is 5.88 Å². The fourth-order valence-corrected chi connectivity index (χ4v) is 2.07. The van der Waals surface area contributed by atoms with Crippen LogP contribution in [0.25, 0.3) is 0 Å². The van der Waals surface area contributed by atoms with Gasteiger partial charge in [-0.3, -0.25) is 0 Å². The summed E-state index contributed by atoms with van der Waals surface area (Å²) in [5.74, 6) is 2.32. The number of likely N-dealkylation sites (N-methyl/N-ethyl adjacent to an activating group) is 1. The molecule has 106 valence electrons. The molecule has 0 unspecified atom stereocenters. The van der Waals surface area contributed by atoms with E-state index >= 15 is 0 Å². The highest BCUT2D eigenvalue weighted by Crippen LogP contribution is 2.25. The summed E-state index contributed by atoms with van der Waals surface area (Å²) < 4.78 is 5.82. The van der Waals surface area contributed by atoms with Crippen molar-refractivity contribution in [2.75, 3.05) is 32.1 Å². The Labute approximate surface area is 115 Å². The topological polar surface area (TPSA) is 50.3 Å². The van der Waals surface area contributed by atoms with Crippen molar-refractivity contribution < 1.29 is 4.74 Å². The number of nitrogens with one attached hydrogen (secondary N) is 1. The van der Waals surface area contributed by atoms with Crippen LogP contribution in [-0.2, 0) is 0 Å². The van der Waals surface area contributed by atoms with Gasteiger partial charge in [0.25, 0.3) is 0 Å². The smallest absolute Gasteiger partial charge is 0.221 e. The first-order valence-electron chi connectivity index (χ1n) is 7.04. The maximum Gasteiger partial charge on any atom is 0.221 e. The molecule has 0 amide bonds. The van der Waals surface area contributed by atoms with Crippen LogP contribution in [0.2, 0.25) is 0 Å². The molecule has 1 heterocycles. The van der Waals surface area contributed by atoms with Crippen molar-refractivity contribution in [3.05, 3.63) is 11.4 Å². The number of anilines is 1. The minimum atomic E-state index is 0.676. The average molecular weight is 264 g/mol. The molecule has 2 rings (SSSR count). The SMILES string of the molecule is CCNc1nc(C)nc(OCCN(C)C2CC2)c1C. The Morgan fingerprint density at radius 3 is 2.68 bits per heavy atom. The largest absolute Gasteiger partial charge is 0.476 e. The second kappa shape index (κ2) is 6.19. The molecule has 19 heavy (non-hydrogen) atoms. The van der Waals surface area contributed by atoms with Crippen molar-refractivity contribution in [2.45, 2.75) is 39.7 Å². The number of aryl methyl sites for hydroxylation is 1. The second-order valence-electron chi connectivity index (χ2n) is 5.14. The predicted molar refractivity (Wildman–Crippen MR) is 76.8 cm³/mol. The Morgan fingerprint density at radius 2 is 2.05 bits per heavy atom. The molecule has 0 atom stereocenters. The monoisotopic (exact) mass is 264 g/mol. The molecule has 0 bridgehead atoms. The van der Waals surface area contributed by atoms with E-state index in [9.17, 15) is 0 Å². The summed E-state index contributed by atoms with van der Waals surface area (Å²) >= 11 is 0. The standard InChI is InChI=1S/C14H24N4O/c1-5-15-13-10(2)14(17-11(3)16-13)19-9-8-18(4)12-6-7-12/h12H,5-9H2,1-4H3,(H,15,16,17). The number of nitrogens with zero attached hydrogens (tertiary/aromatic N) is 3. The Balaban J connectivity index is 1.94. The third-order valence-electron chi connectivity index (χ3n) is 3.41. The van der Waals surface area contributed by atoms with Crippen molar-refractivity contribution >= 4 is 5.82 Å². The van der Waals surface area contributed by atoms with Gasteiger partial charge in [0.05, 0.1) is 5.56 Å². The summed E-state index contributed by atoms with van der Waals surface area (Å²) in [5, 5.41) is 3.24. The third kappa shape index (κ3) is 3.80. The first-order chi connectivity index (χ1) is 9.11. The van der Waals surface area contributed by atoms with Gasteiger partial charge in [-0.1, -0.05) is 0 Å². The van der Waals surface area contributed by atoms with Crippen LogP contribution in [-0.4, -0.2) is 47.7 Å². The Hall–Kier alpha value is -1.36. The van der Waals surface area contributed by atoms with Crippen LogP contribution in [0.5, 0.6) is 5.88 Å². The van der Waals surface area contributed by atoms with Crippen molar-refractivity contribution in [2.24, 2.45) is 0 Å². The molecule has 1 aromatic rings. The van der Waals surface area contributed by atoms with E-state index in [1.807, 2.05) is 13.8 Å². The van der Waals surface area contributed by atoms with Gasteiger partial charge in [0, 0.05) is 19.1 Å². The predicted octanol–water partition coefficient (Wildman–Crippen LogP) is 2.00. The fraction of sp³-hybridized carbons (Fsp3) is 0.714. The normalized spacial score (nSPS) is 14.8. The molecule has 0 aromatic carbocycles. The number of aromatic nitrogens is 2. The fourth-order valence-electron chi connectivity index (χ4n) is 2.07. The number of hydrogen-bond acceptors (Lipinski definition) is 5. The lowest BCUT2D eigenvalue weighted by molar-refractivity contribution is 0.225. The van der Waals surface area contributed by atoms with E-state index in [0.29, 0.717) is 12.5 Å². The molecular formula is C14H24N4O. The lowest BCUT2D eigenvalue weighted by Gasteiger charge is -2.17. The molecule has 0 spiro atoms. The third-order valence-corrected chi connectivity index (χ3v) is 3.41. The highest BCUT2D eigenvalue weighted by Gasteiger charge is 2.25. The molecule has 1 aliphatic rings. The number of rotatable bonds is 7. The highest BCUT2D eigenvalue weighted by molar-refractivity contribution is 5.48. The van der Waals surface area contributed by atoms with Crippen molar-refractivity contribution in [3.8, 4) is 5.88 Å². The first kappa shape index (κ1) is 14.1. The number of ether oxygens (including phenoxy) is 1. The molecule has 5 heteroatoms. The zero-order valence-corrected chi connectivity index (χ0v) is 12.4. The zero-order valence-electron chi connectivity index (χ0n) is 12.4. The lowest BCUT2D eigenvalue weighted by Crippen LogP contribution is -2.26. The molecule has 0 radical (unpaired) electrons. The molecule has 1 saturated carbocycles. The van der Waals surface area contributed by atoms with Crippen LogP contribution in [0.15, 0.2) is 0 Å². The van der Waals surface area contributed by atoms with Gasteiger partial charge >= 0.3 is 0 Å². The molecule has 5 nitrogen and oxygen atoms in total. The van der Waals surface area contributed by atoms with Gasteiger partial charge in [0.15, 0.2) is 0 Å². The van der Waals surface area contributed by atoms with E-state index in [1.54, 1.807) is 0 Å². The Kier molecular flexibility index (Phi) is 4.58. The van der Waals surface area contributed by atoms with E-state index in [4.69, 9.17) is 4.74 Å². The summed E-state index contributed by atoms with van der Waals surface area (Å²) in [4.78, 5) is 11.1. The highest BCUT2D eigenvalue weighted by atomic mass is 16.5. The van der Waals surface area contributed by atoms with Gasteiger partial charge < -0.3 is 15.0 Å². The second-order valence-corrected chi connectivity index (χ2v) is 5.14. The van der Waals surface area contributed by atoms with Crippen molar-refractivity contribution in [3.63, 3.8) is 0 Å². The minimum Gasteiger partial charge on any atom is -0.476 e. The van der Waals surface area contributed by atoms with Crippen molar-refractivity contribution in [1.82, 2.24) is 14.9 Å². The average Bonchev–Trinajstić information content (AvgIpc) is 3.19. The number of hydrogen-bond donors (Lipinski definition) is 1. The molecule has 1 aliphatic carbocycles. The Bertz CT molecular complexity index is 432. The van der Waals surface area contributed by atoms with Gasteiger partial charge in [-0.25, -0.2) is 4.98 Å². The maximum atomic E-state index is 5.82. The maximum absolute atomic E-state index is 5.82. The Morgan fingerprint density at radius 1 is 1.32 bits per heavy atom. The molecule has 0 aliphatic heterocycles. The van der Waals surface area contributed by atoms with E-state index in [-0.39, 0.29) is 0 Å². The summed E-state index contributed by atoms with van der Waals surface area (Å²) in [7, 11) is 2.16. The van der Waals surface area contributed by atoms with Crippen LogP contribution < -0.4 is 10.1 Å². The molecule has 1 fully saturated rings. The molecular weight excluding hydrogens is 240 g/mol. The van der Waals surface area contributed by atoms with Gasteiger partial charge in [-0.2, -0.15) is 4.98 Å². The van der Waals surface area contributed by atoms with Crippen LogP contribution in [0.3, 0.4) is 0 Å². The summed E-state index contributed by atoms with van der Waals surface area (Å²) in [5.41, 5.74) is 0.988. The molecule has 0 saturated heterocycles. The van der Waals surface area contributed by atoms with E-state index in [1.165, 1.54) is 12.8 Å². The minimum absolute atomic E-state index is 0.676. The van der Waals surface area contributed by atoms with Crippen LogP contribution in [0.4, 0.5) is 5.82 Å². The summed E-state index contributed by atoms with van der Waals surface area (Å²) in [6.07, 6.45) is 2.65. The summed E-state index contributed by atoms with van der Waals surface area (Å²) in [6, 6.07) is 0.772. The summed E-state index contributed by atoms with van der Waals surface area (Å²) in [6.45, 7) is 8.42. The zero-order chi connectivity index (χ0) is 13.8.